The highest BCUT2D eigenvalue weighted by Crippen LogP contribution is 2.21. The first kappa shape index (κ1) is 39.0. The number of rotatable bonds is 34. The first-order valence-electron chi connectivity index (χ1n) is 19.2. The lowest BCUT2D eigenvalue weighted by atomic mass is 9.95. The first-order valence-corrected chi connectivity index (χ1v) is 19.2. The molecule has 0 rings (SSSR count). The average molecular weight is 549 g/mol. The second-order valence-corrected chi connectivity index (χ2v) is 13.9. The monoisotopic (exact) mass is 549 g/mol. The van der Waals surface area contributed by atoms with E-state index >= 15 is 0 Å². The van der Waals surface area contributed by atoms with E-state index in [9.17, 15) is 0 Å². The summed E-state index contributed by atoms with van der Waals surface area (Å²) in [7, 11) is 0. The Balaban J connectivity index is 3.22. The van der Waals surface area contributed by atoms with Gasteiger partial charge < -0.3 is 0 Å². The maximum Gasteiger partial charge on any atom is -0.0443 e. The molecule has 0 heterocycles. The van der Waals surface area contributed by atoms with Gasteiger partial charge in [0.05, 0.1) is 0 Å². The van der Waals surface area contributed by atoms with Crippen molar-refractivity contribution in [1.29, 1.82) is 0 Å². The van der Waals surface area contributed by atoms with Crippen molar-refractivity contribution in [3.8, 4) is 0 Å². The van der Waals surface area contributed by atoms with Gasteiger partial charge >= 0.3 is 0 Å². The van der Waals surface area contributed by atoms with Gasteiger partial charge in [0.25, 0.3) is 0 Å². The van der Waals surface area contributed by atoms with Crippen molar-refractivity contribution in [2.24, 2.45) is 11.8 Å². The van der Waals surface area contributed by atoms with Gasteiger partial charge in [-0.1, -0.05) is 240 Å². The molecule has 39 heavy (non-hydrogen) atoms. The molecule has 236 valence electrons. The maximum absolute atomic E-state index is 2.51. The molecule has 0 aromatic heterocycles. The fourth-order valence-electron chi connectivity index (χ4n) is 6.47. The highest BCUT2D eigenvalue weighted by Gasteiger charge is 2.04. The third-order valence-electron chi connectivity index (χ3n) is 9.49. The molecule has 0 unspecified atom stereocenters. The average Bonchev–Trinajstić information content (AvgIpc) is 2.93. The van der Waals surface area contributed by atoms with Crippen LogP contribution in [0.15, 0.2) is 0 Å². The summed E-state index contributed by atoms with van der Waals surface area (Å²) in [6.07, 6.45) is 48.6. The minimum atomic E-state index is 0.964. The lowest BCUT2D eigenvalue weighted by Crippen LogP contribution is -1.95. The summed E-state index contributed by atoms with van der Waals surface area (Å²) in [5, 5.41) is 0. The summed E-state index contributed by atoms with van der Waals surface area (Å²) in [5.74, 6) is 1.93. The minimum Gasteiger partial charge on any atom is -0.0654 e. The topological polar surface area (TPSA) is 0 Å². The zero-order chi connectivity index (χ0) is 28.5. The number of hydrogen-bond donors (Lipinski definition) is 0. The van der Waals surface area contributed by atoms with Gasteiger partial charge in [-0.3, -0.25) is 0 Å². The van der Waals surface area contributed by atoms with Gasteiger partial charge in [0.2, 0.25) is 0 Å². The van der Waals surface area contributed by atoms with Crippen LogP contribution in [-0.4, -0.2) is 0 Å². The van der Waals surface area contributed by atoms with Gasteiger partial charge in [0, 0.05) is 0 Å². The molecule has 2 atom stereocenters. The Morgan fingerprint density at radius 3 is 0.564 bits per heavy atom. The molecule has 0 fully saturated rings. The summed E-state index contributed by atoms with van der Waals surface area (Å²) >= 11 is 0. The van der Waals surface area contributed by atoms with Gasteiger partial charge in [-0.05, 0) is 11.8 Å². The molecular formula is C39H80. The van der Waals surface area contributed by atoms with Crippen molar-refractivity contribution in [1.82, 2.24) is 0 Å². The fraction of sp³-hybridized carbons (Fsp3) is 1.00. The normalized spacial score (nSPS) is 13.2. The van der Waals surface area contributed by atoms with E-state index in [1.165, 1.54) is 212 Å². The Labute approximate surface area is 251 Å². The van der Waals surface area contributed by atoms with E-state index < -0.39 is 0 Å². The van der Waals surface area contributed by atoms with E-state index in [2.05, 4.69) is 27.7 Å². The minimum absolute atomic E-state index is 0.964. The number of unbranched alkanes of at least 4 members (excludes halogenated alkanes) is 26. The van der Waals surface area contributed by atoms with Crippen LogP contribution in [-0.2, 0) is 0 Å². The molecule has 0 bridgehead atoms. The summed E-state index contributed by atoms with van der Waals surface area (Å²) in [5.41, 5.74) is 0. The van der Waals surface area contributed by atoms with E-state index in [0.717, 1.165) is 11.8 Å². The van der Waals surface area contributed by atoms with Crippen LogP contribution in [0.4, 0.5) is 0 Å². The standard InChI is InChI=1S/C39H80/c1-5-7-9-11-13-15-18-22-26-30-34-38(3)36-32-28-24-20-17-21-25-29-33-37-39(4)35-31-27-23-19-16-14-12-10-8-6-2/h38-39H,5-37H2,1-4H3/t38-,39-/m0/s1. The van der Waals surface area contributed by atoms with Crippen molar-refractivity contribution in [2.45, 2.75) is 240 Å². The van der Waals surface area contributed by atoms with Crippen molar-refractivity contribution in [3.63, 3.8) is 0 Å². The van der Waals surface area contributed by atoms with Gasteiger partial charge in [0.15, 0.2) is 0 Å². The zero-order valence-electron chi connectivity index (χ0n) is 28.5. The van der Waals surface area contributed by atoms with Crippen LogP contribution in [0, 0.1) is 11.8 Å². The summed E-state index contributed by atoms with van der Waals surface area (Å²) < 4.78 is 0. The van der Waals surface area contributed by atoms with E-state index in [-0.39, 0.29) is 0 Å². The predicted molar refractivity (Wildman–Crippen MR) is 182 cm³/mol. The Bertz CT molecular complexity index is 374. The number of hydrogen-bond acceptors (Lipinski definition) is 0. The van der Waals surface area contributed by atoms with Gasteiger partial charge in [-0.15, -0.1) is 0 Å². The Hall–Kier alpha value is 0. The molecule has 0 heteroatoms. The molecule has 0 aliphatic rings. The van der Waals surface area contributed by atoms with Crippen LogP contribution in [0.5, 0.6) is 0 Å². The molecule has 0 nitrogen and oxygen atoms in total. The van der Waals surface area contributed by atoms with Crippen LogP contribution in [0.2, 0.25) is 0 Å². The smallest absolute Gasteiger partial charge is 0.0443 e. The molecule has 0 radical (unpaired) electrons. The maximum atomic E-state index is 2.51. The quantitative estimate of drug-likeness (QED) is 0.0701. The Morgan fingerprint density at radius 2 is 0.385 bits per heavy atom. The van der Waals surface area contributed by atoms with Crippen molar-refractivity contribution >= 4 is 0 Å². The molecule has 0 aromatic rings. The third-order valence-corrected chi connectivity index (χ3v) is 9.49. The van der Waals surface area contributed by atoms with E-state index in [1.807, 2.05) is 0 Å². The fourth-order valence-corrected chi connectivity index (χ4v) is 6.47. The molecule has 0 aromatic carbocycles. The highest BCUT2D eigenvalue weighted by molar-refractivity contribution is 4.58. The molecule has 0 spiro atoms. The van der Waals surface area contributed by atoms with Crippen molar-refractivity contribution < 1.29 is 0 Å². The van der Waals surface area contributed by atoms with Crippen molar-refractivity contribution in [2.75, 3.05) is 0 Å². The Kier molecular flexibility index (Phi) is 34.2. The van der Waals surface area contributed by atoms with Gasteiger partial charge in [-0.2, -0.15) is 0 Å². The van der Waals surface area contributed by atoms with Crippen LogP contribution < -0.4 is 0 Å². The van der Waals surface area contributed by atoms with Crippen LogP contribution in [0.1, 0.15) is 240 Å². The SMILES string of the molecule is CCCCCCCCCCCC[C@H](C)CCCCCCCCCCC[C@@H](C)CCCCCCCCCCCC. The molecular weight excluding hydrogens is 468 g/mol. The molecule has 0 saturated carbocycles. The van der Waals surface area contributed by atoms with E-state index in [0.29, 0.717) is 0 Å². The van der Waals surface area contributed by atoms with E-state index in [1.54, 1.807) is 0 Å². The molecule has 0 N–H and O–H groups in total. The zero-order valence-corrected chi connectivity index (χ0v) is 28.5. The van der Waals surface area contributed by atoms with E-state index in [4.69, 9.17) is 0 Å². The molecule has 0 saturated heterocycles. The largest absolute Gasteiger partial charge is 0.0654 e. The lowest BCUT2D eigenvalue weighted by molar-refractivity contribution is 0.425. The summed E-state index contributed by atoms with van der Waals surface area (Å²) in [6.45, 7) is 9.63. The molecule has 0 aliphatic carbocycles. The van der Waals surface area contributed by atoms with Gasteiger partial charge in [-0.25, -0.2) is 0 Å². The highest BCUT2D eigenvalue weighted by atomic mass is 14.1. The van der Waals surface area contributed by atoms with Crippen LogP contribution in [0.3, 0.4) is 0 Å². The van der Waals surface area contributed by atoms with Crippen LogP contribution >= 0.6 is 0 Å². The molecule has 0 aliphatic heterocycles. The summed E-state index contributed by atoms with van der Waals surface area (Å²) in [4.78, 5) is 0. The second-order valence-electron chi connectivity index (χ2n) is 13.9. The first-order chi connectivity index (χ1) is 19.2. The van der Waals surface area contributed by atoms with Gasteiger partial charge in [0.1, 0.15) is 0 Å². The third kappa shape index (κ3) is 34.1. The molecule has 0 amide bonds. The Morgan fingerprint density at radius 1 is 0.231 bits per heavy atom. The second kappa shape index (κ2) is 34.2. The van der Waals surface area contributed by atoms with Crippen molar-refractivity contribution in [3.05, 3.63) is 0 Å². The lowest BCUT2D eigenvalue weighted by Gasteiger charge is -2.11. The van der Waals surface area contributed by atoms with Crippen LogP contribution in [0.25, 0.3) is 0 Å². The predicted octanol–water partition coefficient (Wildman–Crippen LogP) is 15.2. The summed E-state index contributed by atoms with van der Waals surface area (Å²) in [6, 6.07) is 0.